The number of anilines is 1. The lowest BCUT2D eigenvalue weighted by atomic mass is 10.3. The second kappa shape index (κ2) is 5.44. The van der Waals surface area contributed by atoms with Crippen molar-refractivity contribution in [2.75, 3.05) is 12.4 Å². The summed E-state index contributed by atoms with van der Waals surface area (Å²) in [6, 6.07) is 1.79. The van der Waals surface area contributed by atoms with Crippen molar-refractivity contribution in [3.63, 3.8) is 0 Å². The summed E-state index contributed by atoms with van der Waals surface area (Å²) in [4.78, 5) is 25.1. The monoisotopic (exact) mass is 258 g/mol. The van der Waals surface area contributed by atoms with Crippen LogP contribution in [0.25, 0.3) is 0 Å². The van der Waals surface area contributed by atoms with Crippen LogP contribution in [0.15, 0.2) is 12.1 Å². The normalized spacial score (nSPS) is 11.7. The van der Waals surface area contributed by atoms with Crippen LogP contribution in [0, 0.1) is 10.1 Å². The van der Waals surface area contributed by atoms with Crippen molar-refractivity contribution in [1.82, 2.24) is 10.3 Å². The number of likely N-dealkylation sites (N-methyl/N-ethyl adjacent to an activating group) is 1. The van der Waals surface area contributed by atoms with Crippen LogP contribution in [0.3, 0.4) is 0 Å². The van der Waals surface area contributed by atoms with Gasteiger partial charge in [-0.1, -0.05) is 11.6 Å². The third kappa shape index (κ3) is 3.56. The van der Waals surface area contributed by atoms with E-state index in [1.165, 1.54) is 13.1 Å². The van der Waals surface area contributed by atoms with Gasteiger partial charge in [0.1, 0.15) is 17.0 Å². The van der Waals surface area contributed by atoms with Crippen molar-refractivity contribution >= 4 is 29.0 Å². The molecule has 1 aromatic heterocycles. The van der Waals surface area contributed by atoms with Crippen LogP contribution in [0.4, 0.5) is 11.5 Å². The van der Waals surface area contributed by atoms with Gasteiger partial charge in [-0.15, -0.1) is 0 Å². The molecule has 1 amide bonds. The molecule has 0 saturated carbocycles. The molecule has 1 rings (SSSR count). The maximum absolute atomic E-state index is 11.3. The van der Waals surface area contributed by atoms with Crippen LogP contribution in [0.1, 0.15) is 6.92 Å². The summed E-state index contributed by atoms with van der Waals surface area (Å²) < 4.78 is 0. The maximum atomic E-state index is 11.3. The molecular weight excluding hydrogens is 248 g/mol. The van der Waals surface area contributed by atoms with Gasteiger partial charge in [-0.3, -0.25) is 14.9 Å². The van der Waals surface area contributed by atoms with Gasteiger partial charge < -0.3 is 10.6 Å². The largest absolute Gasteiger partial charge is 0.358 e. The van der Waals surface area contributed by atoms with E-state index < -0.39 is 11.0 Å². The molecular formula is C9H11ClN4O3. The summed E-state index contributed by atoms with van der Waals surface area (Å²) in [7, 11) is 1.49. The van der Waals surface area contributed by atoms with E-state index in [0.717, 1.165) is 6.07 Å². The first-order valence-corrected chi connectivity index (χ1v) is 5.12. The number of pyridine rings is 1. The van der Waals surface area contributed by atoms with Gasteiger partial charge in [-0.05, 0) is 6.92 Å². The number of hydrogen-bond donors (Lipinski definition) is 2. The van der Waals surface area contributed by atoms with Crippen molar-refractivity contribution < 1.29 is 9.72 Å². The van der Waals surface area contributed by atoms with Gasteiger partial charge >= 0.3 is 0 Å². The van der Waals surface area contributed by atoms with Gasteiger partial charge in [0.15, 0.2) is 0 Å². The van der Waals surface area contributed by atoms with E-state index in [1.807, 2.05) is 0 Å². The average Bonchev–Trinajstić information content (AvgIpc) is 2.26. The number of amides is 1. The zero-order chi connectivity index (χ0) is 13.0. The standard InChI is InChI=1S/C9H11ClN4O3/c1-5(9(15)11-2)12-8-4-6(14(16)17)3-7(10)13-8/h3-5H,1-2H3,(H,11,15)(H,12,13). The van der Waals surface area contributed by atoms with Crippen LogP contribution >= 0.6 is 11.6 Å². The molecule has 0 radical (unpaired) electrons. The molecule has 0 aliphatic heterocycles. The predicted molar refractivity (Wildman–Crippen MR) is 63.1 cm³/mol. The molecule has 0 aromatic carbocycles. The third-order valence-electron chi connectivity index (χ3n) is 1.99. The molecule has 0 saturated heterocycles. The zero-order valence-corrected chi connectivity index (χ0v) is 9.99. The van der Waals surface area contributed by atoms with Gasteiger partial charge in [0.2, 0.25) is 5.91 Å². The highest BCUT2D eigenvalue weighted by molar-refractivity contribution is 6.29. The molecule has 2 N–H and O–H groups in total. The van der Waals surface area contributed by atoms with E-state index >= 15 is 0 Å². The Labute approximate surface area is 102 Å². The van der Waals surface area contributed by atoms with E-state index in [1.54, 1.807) is 6.92 Å². The summed E-state index contributed by atoms with van der Waals surface area (Å²) in [5.74, 6) is -0.0743. The minimum atomic E-state index is -0.580. The Morgan fingerprint density at radius 1 is 1.59 bits per heavy atom. The lowest BCUT2D eigenvalue weighted by Crippen LogP contribution is -2.35. The Bertz CT molecular complexity index is 452. The molecule has 1 unspecified atom stereocenters. The third-order valence-corrected chi connectivity index (χ3v) is 2.19. The number of nitrogens with zero attached hydrogens (tertiary/aromatic N) is 2. The van der Waals surface area contributed by atoms with Crippen molar-refractivity contribution in [3.05, 3.63) is 27.4 Å². The Kier molecular flexibility index (Phi) is 4.22. The van der Waals surface area contributed by atoms with Crippen LogP contribution in [-0.2, 0) is 4.79 Å². The SMILES string of the molecule is CNC(=O)C(C)Nc1cc([N+](=O)[O-])cc(Cl)n1. The van der Waals surface area contributed by atoms with Gasteiger partial charge in [0, 0.05) is 7.05 Å². The van der Waals surface area contributed by atoms with Gasteiger partial charge in [0.05, 0.1) is 17.1 Å². The highest BCUT2D eigenvalue weighted by Gasteiger charge is 2.15. The predicted octanol–water partition coefficient (Wildman–Crippen LogP) is 1.19. The van der Waals surface area contributed by atoms with E-state index in [9.17, 15) is 14.9 Å². The van der Waals surface area contributed by atoms with E-state index in [-0.39, 0.29) is 22.6 Å². The maximum Gasteiger partial charge on any atom is 0.276 e. The van der Waals surface area contributed by atoms with Gasteiger partial charge in [-0.25, -0.2) is 4.98 Å². The van der Waals surface area contributed by atoms with Crippen molar-refractivity contribution in [1.29, 1.82) is 0 Å². The number of hydrogen-bond acceptors (Lipinski definition) is 5. The van der Waals surface area contributed by atoms with Gasteiger partial charge in [0.25, 0.3) is 5.69 Å². The van der Waals surface area contributed by atoms with E-state index in [2.05, 4.69) is 15.6 Å². The second-order valence-electron chi connectivity index (χ2n) is 3.27. The fraction of sp³-hybridized carbons (Fsp3) is 0.333. The highest BCUT2D eigenvalue weighted by Crippen LogP contribution is 2.20. The van der Waals surface area contributed by atoms with E-state index in [0.29, 0.717) is 0 Å². The first-order valence-electron chi connectivity index (χ1n) is 4.74. The average molecular weight is 259 g/mol. The smallest absolute Gasteiger partial charge is 0.276 e. The van der Waals surface area contributed by atoms with Crippen LogP contribution < -0.4 is 10.6 Å². The van der Waals surface area contributed by atoms with Crippen LogP contribution in [-0.4, -0.2) is 28.9 Å². The quantitative estimate of drug-likeness (QED) is 0.480. The number of rotatable bonds is 4. The minimum absolute atomic E-state index is 0.00851. The first kappa shape index (κ1) is 13.2. The highest BCUT2D eigenvalue weighted by atomic mass is 35.5. The number of carbonyl (C=O) groups is 1. The summed E-state index contributed by atoms with van der Waals surface area (Å²) in [5, 5.41) is 15.7. The number of halogens is 1. The van der Waals surface area contributed by atoms with Crippen molar-refractivity contribution in [2.24, 2.45) is 0 Å². The molecule has 0 aliphatic carbocycles. The molecule has 1 heterocycles. The Morgan fingerprint density at radius 3 is 2.76 bits per heavy atom. The summed E-state index contributed by atoms with van der Waals surface area (Å²) in [5.41, 5.74) is -0.184. The molecule has 1 atom stereocenters. The summed E-state index contributed by atoms with van der Waals surface area (Å²) >= 11 is 5.63. The first-order chi connectivity index (χ1) is 7.93. The number of nitrogens with one attached hydrogen (secondary N) is 2. The van der Waals surface area contributed by atoms with Gasteiger partial charge in [-0.2, -0.15) is 0 Å². The van der Waals surface area contributed by atoms with Crippen molar-refractivity contribution in [3.8, 4) is 0 Å². The Balaban J connectivity index is 2.91. The molecule has 92 valence electrons. The fourth-order valence-electron chi connectivity index (χ4n) is 1.17. The molecule has 0 fully saturated rings. The molecule has 0 aliphatic rings. The molecule has 0 spiro atoms. The minimum Gasteiger partial charge on any atom is -0.358 e. The fourth-order valence-corrected chi connectivity index (χ4v) is 1.37. The second-order valence-corrected chi connectivity index (χ2v) is 3.66. The zero-order valence-electron chi connectivity index (χ0n) is 9.23. The molecule has 0 bridgehead atoms. The molecule has 8 heteroatoms. The lowest BCUT2D eigenvalue weighted by molar-refractivity contribution is -0.384. The summed E-state index contributed by atoms with van der Waals surface area (Å²) in [6.07, 6.45) is 0. The van der Waals surface area contributed by atoms with E-state index in [4.69, 9.17) is 11.6 Å². The number of carbonyl (C=O) groups excluding carboxylic acids is 1. The molecule has 7 nitrogen and oxygen atoms in total. The number of nitro groups is 1. The number of aromatic nitrogens is 1. The lowest BCUT2D eigenvalue weighted by Gasteiger charge is -2.12. The topological polar surface area (TPSA) is 97.2 Å². The van der Waals surface area contributed by atoms with Crippen LogP contribution in [0.5, 0.6) is 0 Å². The molecule has 17 heavy (non-hydrogen) atoms. The summed E-state index contributed by atoms with van der Waals surface area (Å²) in [6.45, 7) is 1.60. The molecule has 1 aromatic rings. The van der Waals surface area contributed by atoms with Crippen molar-refractivity contribution in [2.45, 2.75) is 13.0 Å². The Hall–Kier alpha value is -1.89. The van der Waals surface area contributed by atoms with Crippen LogP contribution in [0.2, 0.25) is 5.15 Å². The Morgan fingerprint density at radius 2 is 2.24 bits per heavy atom.